The Kier molecular flexibility index (Phi) is 6.36. The van der Waals surface area contributed by atoms with Gasteiger partial charge in [0.05, 0.1) is 16.5 Å². The summed E-state index contributed by atoms with van der Waals surface area (Å²) in [4.78, 5) is 31.4. The number of rotatable bonds is 3. The lowest BCUT2D eigenvalue weighted by Gasteiger charge is -2.14. The molecule has 5 aromatic rings. The first-order valence-corrected chi connectivity index (χ1v) is 11.6. The summed E-state index contributed by atoms with van der Waals surface area (Å²) in [5, 5.41) is 5.78. The lowest BCUT2D eigenvalue weighted by atomic mass is 10.2. The number of hydrogen-bond acceptors (Lipinski definition) is 7. The zero-order valence-electron chi connectivity index (χ0n) is 18.7. The first-order chi connectivity index (χ1) is 15.9. The van der Waals surface area contributed by atoms with E-state index in [-0.39, 0.29) is 12.1 Å². The molecule has 33 heavy (non-hydrogen) atoms. The third kappa shape index (κ3) is 4.06. The SMILES string of the molecule is CC.Cc1nc(N)c2c(I)nn(Cc3nc4nccc(C)c4c(=O)n3-c3ccccc3)c2n1. The Morgan fingerprint density at radius 1 is 1.00 bits per heavy atom. The van der Waals surface area contributed by atoms with Gasteiger partial charge in [0, 0.05) is 6.20 Å². The zero-order valence-corrected chi connectivity index (χ0v) is 20.9. The van der Waals surface area contributed by atoms with Crippen molar-refractivity contribution in [1.82, 2.24) is 34.3 Å². The lowest BCUT2D eigenvalue weighted by molar-refractivity contribution is 0.644. The number of nitrogens with two attached hydrogens (primary N) is 1. The summed E-state index contributed by atoms with van der Waals surface area (Å²) in [6.07, 6.45) is 1.66. The smallest absolute Gasteiger partial charge is 0.267 e. The molecule has 5 rings (SSSR count). The first kappa shape index (κ1) is 22.8. The number of pyridine rings is 1. The number of nitrogens with zero attached hydrogens (tertiary/aromatic N) is 7. The van der Waals surface area contributed by atoms with Crippen LogP contribution in [0.3, 0.4) is 0 Å². The average Bonchev–Trinajstić information content (AvgIpc) is 3.10. The van der Waals surface area contributed by atoms with Crippen molar-refractivity contribution in [2.24, 2.45) is 0 Å². The molecule has 0 atom stereocenters. The molecule has 0 saturated carbocycles. The first-order valence-electron chi connectivity index (χ1n) is 10.5. The predicted molar refractivity (Wildman–Crippen MR) is 138 cm³/mol. The zero-order chi connectivity index (χ0) is 23.7. The highest BCUT2D eigenvalue weighted by molar-refractivity contribution is 14.1. The maximum atomic E-state index is 13.5. The second-order valence-electron chi connectivity index (χ2n) is 7.13. The molecule has 0 fully saturated rings. The van der Waals surface area contributed by atoms with Crippen LogP contribution in [-0.2, 0) is 6.54 Å². The van der Waals surface area contributed by atoms with E-state index in [9.17, 15) is 4.79 Å². The summed E-state index contributed by atoms with van der Waals surface area (Å²) in [5.74, 6) is 1.42. The summed E-state index contributed by atoms with van der Waals surface area (Å²) < 4.78 is 3.99. The number of aryl methyl sites for hydroxylation is 2. The van der Waals surface area contributed by atoms with E-state index in [1.165, 1.54) is 0 Å². The Morgan fingerprint density at radius 2 is 1.73 bits per heavy atom. The van der Waals surface area contributed by atoms with Crippen LogP contribution in [0, 0.1) is 17.5 Å². The Morgan fingerprint density at radius 3 is 2.45 bits per heavy atom. The van der Waals surface area contributed by atoms with Gasteiger partial charge in [-0.3, -0.25) is 9.36 Å². The molecule has 0 spiro atoms. The molecule has 0 bridgehead atoms. The molecular weight excluding hydrogens is 531 g/mol. The number of aromatic nitrogens is 7. The number of fused-ring (bicyclic) bond motifs is 2. The summed E-state index contributed by atoms with van der Waals surface area (Å²) in [6.45, 7) is 7.87. The van der Waals surface area contributed by atoms with Crippen LogP contribution < -0.4 is 11.3 Å². The molecule has 4 aromatic heterocycles. The largest absolute Gasteiger partial charge is 0.383 e. The quantitative estimate of drug-likeness (QED) is 0.337. The fraction of sp³-hybridized carbons (Fsp3) is 0.217. The molecule has 0 aliphatic carbocycles. The highest BCUT2D eigenvalue weighted by atomic mass is 127. The lowest BCUT2D eigenvalue weighted by Crippen LogP contribution is -2.26. The highest BCUT2D eigenvalue weighted by Gasteiger charge is 2.19. The third-order valence-corrected chi connectivity index (χ3v) is 5.80. The minimum atomic E-state index is -0.173. The van der Waals surface area contributed by atoms with Crippen molar-refractivity contribution in [2.45, 2.75) is 34.2 Å². The second kappa shape index (κ2) is 9.22. The van der Waals surface area contributed by atoms with Gasteiger partial charge in [-0.1, -0.05) is 32.0 Å². The highest BCUT2D eigenvalue weighted by Crippen LogP contribution is 2.24. The molecule has 9 nitrogen and oxygen atoms in total. The third-order valence-electron chi connectivity index (χ3n) is 5.04. The molecule has 1 aromatic carbocycles. The predicted octanol–water partition coefficient (Wildman–Crippen LogP) is 3.80. The van der Waals surface area contributed by atoms with E-state index < -0.39 is 0 Å². The van der Waals surface area contributed by atoms with Crippen LogP contribution in [0.15, 0.2) is 47.4 Å². The van der Waals surface area contributed by atoms with Gasteiger partial charge in [0.25, 0.3) is 5.56 Å². The Hall–Kier alpha value is -3.41. The van der Waals surface area contributed by atoms with Crippen molar-refractivity contribution in [3.8, 4) is 5.69 Å². The average molecular weight is 554 g/mol. The number of hydrogen-bond donors (Lipinski definition) is 1. The fourth-order valence-electron chi connectivity index (χ4n) is 3.65. The molecule has 0 saturated heterocycles. The maximum Gasteiger partial charge on any atom is 0.267 e. The van der Waals surface area contributed by atoms with E-state index in [0.29, 0.717) is 43.2 Å². The Labute approximate surface area is 203 Å². The molecule has 4 heterocycles. The van der Waals surface area contributed by atoms with E-state index in [2.05, 4.69) is 42.6 Å². The van der Waals surface area contributed by atoms with E-state index >= 15 is 0 Å². The van der Waals surface area contributed by atoms with Crippen molar-refractivity contribution >= 4 is 50.5 Å². The monoisotopic (exact) mass is 554 g/mol. The standard InChI is InChI=1S/C21H17IN8O.C2H6/c1-11-8-9-24-19-15(11)21(31)30(13-6-4-3-5-7-13)14(27-19)10-29-20-16(17(22)28-29)18(23)25-12(2)26-20;1-2/h3-9H,10H2,1-2H3,(H2,23,25,26);1-2H3. The van der Waals surface area contributed by atoms with Crippen LogP contribution in [0.5, 0.6) is 0 Å². The van der Waals surface area contributed by atoms with Crippen molar-refractivity contribution in [2.75, 3.05) is 5.73 Å². The number of anilines is 1. The number of halogens is 1. The van der Waals surface area contributed by atoms with Gasteiger partial charge in [-0.2, -0.15) is 5.10 Å². The van der Waals surface area contributed by atoms with Crippen molar-refractivity contribution in [3.05, 3.63) is 73.9 Å². The van der Waals surface area contributed by atoms with Crippen LogP contribution in [0.2, 0.25) is 0 Å². The second-order valence-corrected chi connectivity index (χ2v) is 8.16. The van der Waals surface area contributed by atoms with Crippen LogP contribution >= 0.6 is 22.6 Å². The van der Waals surface area contributed by atoms with Gasteiger partial charge < -0.3 is 5.73 Å². The van der Waals surface area contributed by atoms with Gasteiger partial charge in [-0.15, -0.1) is 0 Å². The molecule has 0 amide bonds. The normalized spacial score (nSPS) is 10.9. The molecule has 0 aliphatic rings. The molecule has 0 unspecified atom stereocenters. The van der Waals surface area contributed by atoms with Crippen LogP contribution in [0.1, 0.15) is 31.1 Å². The Bertz CT molecular complexity index is 1530. The minimum absolute atomic E-state index is 0.173. The van der Waals surface area contributed by atoms with Gasteiger partial charge in [-0.25, -0.2) is 24.6 Å². The summed E-state index contributed by atoms with van der Waals surface area (Å²) in [6, 6.07) is 11.2. The molecule has 168 valence electrons. The van der Waals surface area contributed by atoms with E-state index in [1.54, 1.807) is 22.4 Å². The van der Waals surface area contributed by atoms with Crippen molar-refractivity contribution in [1.29, 1.82) is 0 Å². The number of para-hydroxylation sites is 1. The minimum Gasteiger partial charge on any atom is -0.383 e. The van der Waals surface area contributed by atoms with Gasteiger partial charge in [0.1, 0.15) is 27.7 Å². The fourth-order valence-corrected chi connectivity index (χ4v) is 4.43. The summed E-state index contributed by atoms with van der Waals surface area (Å²) >= 11 is 2.11. The van der Waals surface area contributed by atoms with E-state index in [0.717, 1.165) is 11.3 Å². The summed E-state index contributed by atoms with van der Waals surface area (Å²) in [7, 11) is 0. The van der Waals surface area contributed by atoms with Crippen LogP contribution in [-0.4, -0.2) is 34.3 Å². The topological polar surface area (TPSA) is 117 Å². The van der Waals surface area contributed by atoms with Gasteiger partial charge in [0.15, 0.2) is 11.3 Å². The number of nitrogen functional groups attached to an aromatic ring is 1. The number of benzene rings is 1. The molecule has 0 aliphatic heterocycles. The van der Waals surface area contributed by atoms with E-state index in [1.807, 2.05) is 57.2 Å². The molecular formula is C23H23IN8O. The Balaban J connectivity index is 0.00000126. The van der Waals surface area contributed by atoms with Gasteiger partial charge in [0.2, 0.25) is 0 Å². The maximum absolute atomic E-state index is 13.5. The summed E-state index contributed by atoms with van der Waals surface area (Å²) in [5.41, 5.74) is 8.49. The van der Waals surface area contributed by atoms with Gasteiger partial charge in [-0.05, 0) is 60.2 Å². The van der Waals surface area contributed by atoms with Crippen molar-refractivity contribution in [3.63, 3.8) is 0 Å². The van der Waals surface area contributed by atoms with E-state index in [4.69, 9.17) is 10.7 Å². The van der Waals surface area contributed by atoms with Crippen LogP contribution in [0.4, 0.5) is 5.82 Å². The molecule has 0 radical (unpaired) electrons. The van der Waals surface area contributed by atoms with Crippen LogP contribution in [0.25, 0.3) is 27.8 Å². The molecule has 2 N–H and O–H groups in total. The van der Waals surface area contributed by atoms with Crippen molar-refractivity contribution < 1.29 is 0 Å². The molecule has 10 heteroatoms. The van der Waals surface area contributed by atoms with Gasteiger partial charge >= 0.3 is 0 Å².